The Balaban J connectivity index is 3.34. The molecule has 0 spiro atoms. The second-order valence-electron chi connectivity index (χ2n) is 2.88. The van der Waals surface area contributed by atoms with Crippen LogP contribution in [-0.2, 0) is 9.73 Å². The van der Waals surface area contributed by atoms with E-state index in [1.165, 1.54) is 0 Å². The third kappa shape index (κ3) is 3.21. The van der Waals surface area contributed by atoms with Crippen molar-refractivity contribution in [3.8, 4) is 0 Å². The largest absolute Gasteiger partial charge is 0.250 e. The van der Waals surface area contributed by atoms with Gasteiger partial charge in [-0.05, 0) is 12.1 Å². The van der Waals surface area contributed by atoms with Gasteiger partial charge in [-0.15, -0.1) is 12.6 Å². The van der Waals surface area contributed by atoms with E-state index in [2.05, 4.69) is 17.0 Å². The molecule has 0 aromatic heterocycles. The van der Waals surface area contributed by atoms with Crippen molar-refractivity contribution in [2.45, 2.75) is 4.90 Å². The highest BCUT2D eigenvalue weighted by Crippen LogP contribution is 2.31. The lowest BCUT2D eigenvalue weighted by molar-refractivity contribution is 0.684. The van der Waals surface area contributed by atoms with Crippen LogP contribution < -0.4 is 0 Å². The molecule has 2 nitrogen and oxygen atoms in total. The second kappa shape index (κ2) is 3.90. The Hall–Kier alpha value is -0.190. The zero-order valence-electron chi connectivity index (χ0n) is 7.32. The fourth-order valence-corrected chi connectivity index (χ4v) is 1.86. The Labute approximate surface area is 88.9 Å². The van der Waals surface area contributed by atoms with Gasteiger partial charge in [-0.3, -0.25) is 0 Å². The van der Waals surface area contributed by atoms with Crippen LogP contribution in [-0.4, -0.2) is 16.7 Å². The fraction of sp³-hybridized carbons (Fsp3) is 0.250. The number of rotatable bonds is 1. The van der Waals surface area contributed by atoms with Crippen LogP contribution in [0.3, 0.4) is 0 Å². The molecule has 0 N–H and O–H groups in total. The Kier molecular flexibility index (Phi) is 3.27. The van der Waals surface area contributed by atoms with Gasteiger partial charge in [0.2, 0.25) is 0 Å². The highest BCUT2D eigenvalue weighted by Gasteiger charge is 2.02. The van der Waals surface area contributed by atoms with Crippen molar-refractivity contribution >= 4 is 39.6 Å². The molecule has 0 bridgehead atoms. The molecule has 5 heteroatoms. The van der Waals surface area contributed by atoms with E-state index in [4.69, 9.17) is 11.6 Å². The summed E-state index contributed by atoms with van der Waals surface area (Å²) in [6, 6.07) is 5.25. The molecule has 0 radical (unpaired) electrons. The minimum absolute atomic E-state index is 0.447. The molecule has 1 rings (SSSR count). The Morgan fingerprint density at radius 2 is 2.08 bits per heavy atom. The molecule has 0 fully saturated rings. The molecular weight excluding hydrogens is 226 g/mol. The molecule has 13 heavy (non-hydrogen) atoms. The average molecular weight is 236 g/mol. The predicted molar refractivity (Wildman–Crippen MR) is 60.8 cm³/mol. The van der Waals surface area contributed by atoms with Crippen LogP contribution in [0.1, 0.15) is 0 Å². The van der Waals surface area contributed by atoms with E-state index in [9.17, 15) is 4.21 Å². The lowest BCUT2D eigenvalue weighted by atomic mass is 10.3. The normalized spacial score (nSPS) is 11.4. The van der Waals surface area contributed by atoms with Gasteiger partial charge in [0.15, 0.2) is 0 Å². The molecule has 0 aliphatic rings. The van der Waals surface area contributed by atoms with Gasteiger partial charge in [0, 0.05) is 27.1 Å². The van der Waals surface area contributed by atoms with E-state index in [1.54, 1.807) is 30.7 Å². The molecular formula is C8H10ClNOS2. The molecule has 0 amide bonds. The monoisotopic (exact) mass is 235 g/mol. The van der Waals surface area contributed by atoms with E-state index in [0.29, 0.717) is 15.6 Å². The molecule has 0 atom stereocenters. The lowest BCUT2D eigenvalue weighted by Gasteiger charge is -2.01. The highest BCUT2D eigenvalue weighted by atomic mass is 35.5. The molecule has 0 heterocycles. The van der Waals surface area contributed by atoms with Crippen LogP contribution in [0.25, 0.3) is 0 Å². The highest BCUT2D eigenvalue weighted by molar-refractivity contribution is 7.92. The van der Waals surface area contributed by atoms with Crippen LogP contribution in [0.2, 0.25) is 5.02 Å². The van der Waals surface area contributed by atoms with Crippen LogP contribution in [0.5, 0.6) is 0 Å². The van der Waals surface area contributed by atoms with Gasteiger partial charge < -0.3 is 0 Å². The summed E-state index contributed by atoms with van der Waals surface area (Å²) in [5.74, 6) is 0. The number of halogens is 1. The molecule has 0 unspecified atom stereocenters. The van der Waals surface area contributed by atoms with E-state index in [-0.39, 0.29) is 0 Å². The zero-order chi connectivity index (χ0) is 10.1. The van der Waals surface area contributed by atoms with Crippen LogP contribution >= 0.6 is 24.2 Å². The van der Waals surface area contributed by atoms with Crippen molar-refractivity contribution in [1.82, 2.24) is 0 Å². The summed E-state index contributed by atoms with van der Waals surface area (Å²) in [5.41, 5.74) is 0.532. The molecule has 1 aromatic rings. The van der Waals surface area contributed by atoms with Crippen molar-refractivity contribution in [1.29, 1.82) is 0 Å². The maximum Gasteiger partial charge on any atom is 0.0927 e. The van der Waals surface area contributed by atoms with E-state index in [1.807, 2.05) is 0 Å². The van der Waals surface area contributed by atoms with E-state index >= 15 is 0 Å². The topological polar surface area (TPSA) is 29.4 Å². The Morgan fingerprint density at radius 3 is 2.62 bits per heavy atom. The van der Waals surface area contributed by atoms with Crippen molar-refractivity contribution in [3.05, 3.63) is 23.2 Å². The molecule has 0 saturated heterocycles. The molecule has 1 aromatic carbocycles. The third-order valence-electron chi connectivity index (χ3n) is 1.28. The van der Waals surface area contributed by atoms with Gasteiger partial charge in [0.25, 0.3) is 0 Å². The summed E-state index contributed by atoms with van der Waals surface area (Å²) < 4.78 is 15.4. The van der Waals surface area contributed by atoms with Gasteiger partial charge in [-0.25, -0.2) is 4.21 Å². The van der Waals surface area contributed by atoms with Crippen molar-refractivity contribution < 1.29 is 4.21 Å². The molecule has 0 aliphatic carbocycles. The molecule has 0 saturated carbocycles. The third-order valence-corrected chi connectivity index (χ3v) is 2.81. The van der Waals surface area contributed by atoms with Crippen LogP contribution in [0.4, 0.5) is 5.69 Å². The lowest BCUT2D eigenvalue weighted by Crippen LogP contribution is -1.89. The minimum atomic E-state index is -2.16. The number of hydrogen-bond acceptors (Lipinski definition) is 3. The van der Waals surface area contributed by atoms with Crippen LogP contribution in [0, 0.1) is 0 Å². The summed E-state index contributed by atoms with van der Waals surface area (Å²) >= 11 is 10.0. The maximum absolute atomic E-state index is 11.4. The molecule has 0 aliphatic heterocycles. The number of nitrogens with zero attached hydrogens (tertiary/aromatic N) is 1. The van der Waals surface area contributed by atoms with Crippen molar-refractivity contribution in [2.75, 3.05) is 12.5 Å². The molecule has 72 valence electrons. The average Bonchev–Trinajstić information content (AvgIpc) is 1.96. The van der Waals surface area contributed by atoms with E-state index in [0.717, 1.165) is 0 Å². The summed E-state index contributed by atoms with van der Waals surface area (Å²) in [4.78, 5) is 0.645. The first kappa shape index (κ1) is 10.9. The zero-order valence-corrected chi connectivity index (χ0v) is 9.79. The maximum atomic E-state index is 11.4. The predicted octanol–water partition coefficient (Wildman–Crippen LogP) is 2.99. The number of hydrogen-bond donors (Lipinski definition) is 1. The number of benzene rings is 1. The van der Waals surface area contributed by atoms with Crippen molar-refractivity contribution in [3.63, 3.8) is 0 Å². The smallest absolute Gasteiger partial charge is 0.0927 e. The summed E-state index contributed by atoms with van der Waals surface area (Å²) in [7, 11) is -2.16. The first-order valence-corrected chi connectivity index (χ1v) is 6.70. The summed E-state index contributed by atoms with van der Waals surface area (Å²) in [6.45, 7) is 0. The fourth-order valence-electron chi connectivity index (χ4n) is 0.815. The SMILES string of the molecule is CS(C)(=O)=Nc1cccc(S)c1Cl. The van der Waals surface area contributed by atoms with E-state index < -0.39 is 9.73 Å². The number of thiol groups is 1. The first-order chi connectivity index (χ1) is 5.90. The standard InChI is InChI=1S/C8H10ClNOS2/c1-13(2,11)10-6-4-3-5-7(12)8(6)9/h3-5,12H,1-2H3. The quantitative estimate of drug-likeness (QED) is 0.746. The first-order valence-electron chi connectivity index (χ1n) is 3.55. The summed E-state index contributed by atoms with van der Waals surface area (Å²) in [5, 5.41) is 0.447. The van der Waals surface area contributed by atoms with Gasteiger partial charge in [-0.2, -0.15) is 4.36 Å². The van der Waals surface area contributed by atoms with Crippen LogP contribution in [0.15, 0.2) is 27.5 Å². The van der Waals surface area contributed by atoms with Gasteiger partial charge in [0.05, 0.1) is 10.7 Å². The van der Waals surface area contributed by atoms with Gasteiger partial charge in [-0.1, -0.05) is 17.7 Å². The van der Waals surface area contributed by atoms with Crippen molar-refractivity contribution in [2.24, 2.45) is 4.36 Å². The minimum Gasteiger partial charge on any atom is -0.250 e. The van der Waals surface area contributed by atoms with Gasteiger partial charge in [0.1, 0.15) is 0 Å². The Morgan fingerprint density at radius 1 is 1.46 bits per heavy atom. The van der Waals surface area contributed by atoms with Gasteiger partial charge >= 0.3 is 0 Å². The summed E-state index contributed by atoms with van der Waals surface area (Å²) in [6.07, 6.45) is 3.13. The second-order valence-corrected chi connectivity index (χ2v) is 6.29. The Bertz CT molecular complexity index is 428.